The van der Waals surface area contributed by atoms with Crippen molar-refractivity contribution in [3.05, 3.63) is 43.1 Å². The molecule has 0 saturated heterocycles. The molecule has 0 unspecified atom stereocenters. The van der Waals surface area contributed by atoms with Gasteiger partial charge in [0.2, 0.25) is 0 Å². The summed E-state index contributed by atoms with van der Waals surface area (Å²) in [7, 11) is 0. The molecule has 3 nitrogen and oxygen atoms in total. The van der Waals surface area contributed by atoms with E-state index in [2.05, 4.69) is 21.0 Å². The summed E-state index contributed by atoms with van der Waals surface area (Å²) in [5.41, 5.74) is 1.76. The van der Waals surface area contributed by atoms with Crippen LogP contribution < -0.4 is 0 Å². The second-order valence-electron chi connectivity index (χ2n) is 2.26. The maximum atomic E-state index is 4.13. The minimum absolute atomic E-state index is 0.821. The van der Waals surface area contributed by atoms with Gasteiger partial charge in [-0.05, 0) is 6.07 Å². The largest absolute Gasteiger partial charge is 0.263 e. The lowest BCUT2D eigenvalue weighted by atomic mass is 10.2. The highest BCUT2D eigenvalue weighted by atomic mass is 14.8. The zero-order valence-corrected chi connectivity index (χ0v) is 6.31. The van der Waals surface area contributed by atoms with Gasteiger partial charge >= 0.3 is 0 Å². The third kappa shape index (κ3) is 1.29. The number of hydrogen-bond acceptors (Lipinski definition) is 3. The van der Waals surface area contributed by atoms with E-state index in [1.54, 1.807) is 31.0 Å². The topological polar surface area (TPSA) is 38.7 Å². The fourth-order valence-electron chi connectivity index (χ4n) is 0.913. The summed E-state index contributed by atoms with van der Waals surface area (Å²) in [6.07, 6.45) is 8.34. The van der Waals surface area contributed by atoms with Crippen molar-refractivity contribution in [3.63, 3.8) is 0 Å². The Labute approximate surface area is 70.1 Å². The van der Waals surface area contributed by atoms with Crippen molar-refractivity contribution >= 4 is 0 Å². The van der Waals surface area contributed by atoms with Gasteiger partial charge < -0.3 is 0 Å². The summed E-state index contributed by atoms with van der Waals surface area (Å²) in [6.45, 7) is 0. The van der Waals surface area contributed by atoms with Crippen molar-refractivity contribution in [2.24, 2.45) is 0 Å². The van der Waals surface area contributed by atoms with Crippen LogP contribution >= 0.6 is 0 Å². The fraction of sp³-hybridized carbons (Fsp3) is 0. The lowest BCUT2D eigenvalue weighted by molar-refractivity contribution is 1.19. The van der Waals surface area contributed by atoms with Crippen LogP contribution in [0.25, 0.3) is 11.3 Å². The highest BCUT2D eigenvalue weighted by molar-refractivity contribution is 5.55. The third-order valence-electron chi connectivity index (χ3n) is 1.46. The molecule has 0 spiro atoms. The molecule has 0 atom stereocenters. The molecule has 0 aliphatic rings. The average molecular weight is 156 g/mol. The van der Waals surface area contributed by atoms with E-state index >= 15 is 0 Å². The zero-order chi connectivity index (χ0) is 8.23. The molecule has 3 heteroatoms. The second kappa shape index (κ2) is 3.09. The maximum Gasteiger partial charge on any atom is 0.0900 e. The predicted molar refractivity (Wildman–Crippen MR) is 44.1 cm³/mol. The third-order valence-corrected chi connectivity index (χ3v) is 1.46. The van der Waals surface area contributed by atoms with Gasteiger partial charge in [-0.3, -0.25) is 15.0 Å². The Morgan fingerprint density at radius 3 is 2.75 bits per heavy atom. The zero-order valence-electron chi connectivity index (χ0n) is 6.31. The van der Waals surface area contributed by atoms with Crippen molar-refractivity contribution in [2.75, 3.05) is 0 Å². The lowest BCUT2D eigenvalue weighted by Crippen LogP contribution is -1.84. The van der Waals surface area contributed by atoms with E-state index in [0.717, 1.165) is 11.3 Å². The molecule has 0 bridgehead atoms. The average Bonchev–Trinajstić information content (AvgIpc) is 2.21. The van der Waals surface area contributed by atoms with Crippen LogP contribution in [0.2, 0.25) is 0 Å². The second-order valence-corrected chi connectivity index (χ2v) is 2.26. The molecular weight excluding hydrogens is 150 g/mol. The first-order valence-corrected chi connectivity index (χ1v) is 3.54. The summed E-state index contributed by atoms with van der Waals surface area (Å²) >= 11 is 0. The number of aromatic nitrogens is 3. The molecule has 0 aromatic carbocycles. The van der Waals surface area contributed by atoms with Crippen LogP contribution in [-0.2, 0) is 0 Å². The van der Waals surface area contributed by atoms with Crippen LogP contribution in [0.1, 0.15) is 0 Å². The van der Waals surface area contributed by atoms with E-state index in [9.17, 15) is 0 Å². The molecule has 1 radical (unpaired) electrons. The van der Waals surface area contributed by atoms with Crippen molar-refractivity contribution in [3.8, 4) is 11.3 Å². The summed E-state index contributed by atoms with van der Waals surface area (Å²) < 4.78 is 0. The minimum Gasteiger partial charge on any atom is -0.263 e. The fourth-order valence-corrected chi connectivity index (χ4v) is 0.913. The van der Waals surface area contributed by atoms with Gasteiger partial charge in [0.15, 0.2) is 0 Å². The molecule has 2 heterocycles. The van der Waals surface area contributed by atoms with Gasteiger partial charge in [-0.15, -0.1) is 0 Å². The molecule has 0 N–H and O–H groups in total. The van der Waals surface area contributed by atoms with Gasteiger partial charge in [0, 0.05) is 36.4 Å². The van der Waals surface area contributed by atoms with Gasteiger partial charge in [0.05, 0.1) is 11.9 Å². The van der Waals surface area contributed by atoms with E-state index in [-0.39, 0.29) is 0 Å². The van der Waals surface area contributed by atoms with Gasteiger partial charge in [0.1, 0.15) is 0 Å². The number of rotatable bonds is 1. The Kier molecular flexibility index (Phi) is 1.78. The van der Waals surface area contributed by atoms with Gasteiger partial charge in [-0.2, -0.15) is 0 Å². The monoisotopic (exact) mass is 156 g/mol. The Morgan fingerprint density at radius 1 is 1.08 bits per heavy atom. The van der Waals surface area contributed by atoms with Crippen LogP contribution in [0.3, 0.4) is 0 Å². The predicted octanol–water partition coefficient (Wildman–Crippen LogP) is 1.34. The van der Waals surface area contributed by atoms with Crippen molar-refractivity contribution < 1.29 is 0 Å². The molecule has 2 rings (SSSR count). The summed E-state index contributed by atoms with van der Waals surface area (Å²) in [4.78, 5) is 12.0. The summed E-state index contributed by atoms with van der Waals surface area (Å²) in [6, 6.07) is 4.71. The first-order valence-electron chi connectivity index (χ1n) is 3.54. The van der Waals surface area contributed by atoms with E-state index in [1.165, 1.54) is 0 Å². The Hall–Kier alpha value is -1.77. The number of nitrogens with zero attached hydrogens (tertiary/aromatic N) is 3. The highest BCUT2D eigenvalue weighted by Gasteiger charge is 1.95. The van der Waals surface area contributed by atoms with E-state index in [0.29, 0.717) is 0 Å². The van der Waals surface area contributed by atoms with Crippen LogP contribution in [-0.4, -0.2) is 15.0 Å². The molecule has 0 aliphatic carbocycles. The standard InChI is InChI=1S/C9H6N3/c1-2-8(6-10-3-1)9-7-11-4-5-12-9/h2-7H. The SMILES string of the molecule is [c]1cncc(-c2cnccn2)c1. The van der Waals surface area contributed by atoms with Crippen LogP contribution in [0.5, 0.6) is 0 Å². The van der Waals surface area contributed by atoms with E-state index < -0.39 is 0 Å². The lowest BCUT2D eigenvalue weighted by Gasteiger charge is -1.95. The van der Waals surface area contributed by atoms with Crippen molar-refractivity contribution in [1.29, 1.82) is 0 Å². The molecule has 0 aliphatic heterocycles. The van der Waals surface area contributed by atoms with Gasteiger partial charge in [-0.25, -0.2) is 0 Å². The normalized spacial score (nSPS) is 9.67. The summed E-state index contributed by atoms with van der Waals surface area (Å²) in [5, 5.41) is 0. The Balaban J connectivity index is 2.46. The van der Waals surface area contributed by atoms with Crippen molar-refractivity contribution in [1.82, 2.24) is 15.0 Å². The molecular formula is C9H6N3. The minimum atomic E-state index is 0.821. The number of pyridine rings is 1. The van der Waals surface area contributed by atoms with Crippen LogP contribution in [0, 0.1) is 6.07 Å². The number of hydrogen-bond donors (Lipinski definition) is 0. The van der Waals surface area contributed by atoms with Gasteiger partial charge in [-0.1, -0.05) is 0 Å². The molecule has 2 aromatic heterocycles. The first kappa shape index (κ1) is 6.91. The van der Waals surface area contributed by atoms with Crippen LogP contribution in [0.15, 0.2) is 37.1 Å². The molecule has 2 aromatic rings. The molecule has 0 amide bonds. The Morgan fingerprint density at radius 2 is 2.08 bits per heavy atom. The van der Waals surface area contributed by atoms with Crippen LogP contribution in [0.4, 0.5) is 0 Å². The maximum absolute atomic E-state index is 4.13. The smallest absolute Gasteiger partial charge is 0.0900 e. The molecule has 12 heavy (non-hydrogen) atoms. The first-order chi connectivity index (χ1) is 5.97. The quantitative estimate of drug-likeness (QED) is 0.625. The Bertz CT molecular complexity index is 307. The van der Waals surface area contributed by atoms with Gasteiger partial charge in [0.25, 0.3) is 0 Å². The summed E-state index contributed by atoms with van der Waals surface area (Å²) in [5.74, 6) is 0. The van der Waals surface area contributed by atoms with E-state index in [4.69, 9.17) is 0 Å². The molecule has 0 saturated carbocycles. The van der Waals surface area contributed by atoms with Crippen molar-refractivity contribution in [2.45, 2.75) is 0 Å². The molecule has 57 valence electrons. The molecule has 0 fully saturated rings. The highest BCUT2D eigenvalue weighted by Crippen LogP contribution is 2.11. The van der Waals surface area contributed by atoms with E-state index in [1.807, 2.05) is 6.07 Å².